The molecule has 1 spiro atoms. The molecule has 0 radical (unpaired) electrons. The molecular weight excluding hydrogens is 750 g/mol. The van der Waals surface area contributed by atoms with Gasteiger partial charge in [-0.1, -0.05) is 60.9 Å². The Labute approximate surface area is 325 Å². The SMILES string of the molecule is CC(C)(C)OC(=O)N[C@H]1CCCCC/C=C\[C@@H]2C[C@@]2(C(=O)NS(=O)(=O)c2ccc(Cl)cc2)N[C@H]2C(=O)C23C[C@@H](OC(=O)N2Cc4ccccc4C2)CN3C1=O. The molecule has 55 heavy (non-hydrogen) atoms. The Morgan fingerprint density at radius 3 is 2.33 bits per heavy atom. The average molecular weight is 796 g/mol. The molecule has 1 unspecified atom stereocenters. The lowest BCUT2D eigenvalue weighted by Gasteiger charge is -2.30. The number of hydrogen-bond acceptors (Lipinski definition) is 10. The number of nitrogens with one attached hydrogen (secondary N) is 3. The molecular formula is C39H46ClN5O9S. The summed E-state index contributed by atoms with van der Waals surface area (Å²) in [6, 6.07) is 10.9. The van der Waals surface area contributed by atoms with Gasteiger partial charge in [-0.25, -0.2) is 22.7 Å². The lowest BCUT2D eigenvalue weighted by atomic mass is 10.0. The van der Waals surface area contributed by atoms with Crippen LogP contribution in [0.4, 0.5) is 9.59 Å². The highest BCUT2D eigenvalue weighted by Gasteiger charge is 2.77. The summed E-state index contributed by atoms with van der Waals surface area (Å²) in [5.41, 5.74) is -1.84. The van der Waals surface area contributed by atoms with Crippen molar-refractivity contribution in [2.45, 2.75) is 119 Å². The molecule has 3 fully saturated rings. The Hall–Kier alpha value is -4.47. The fraction of sp³-hybridized carbons (Fsp3) is 0.513. The minimum absolute atomic E-state index is 0.0534. The van der Waals surface area contributed by atoms with Gasteiger partial charge in [0.15, 0.2) is 5.78 Å². The van der Waals surface area contributed by atoms with Crippen molar-refractivity contribution in [3.05, 3.63) is 76.8 Å². The van der Waals surface area contributed by atoms with E-state index in [1.165, 1.54) is 29.2 Å². The van der Waals surface area contributed by atoms with Gasteiger partial charge < -0.3 is 19.7 Å². The number of benzene rings is 2. The van der Waals surface area contributed by atoms with Gasteiger partial charge in [-0.15, -0.1) is 0 Å². The second-order valence-electron chi connectivity index (χ2n) is 16.1. The number of alkyl carbamates (subject to hydrolysis) is 1. The van der Waals surface area contributed by atoms with E-state index >= 15 is 0 Å². The van der Waals surface area contributed by atoms with E-state index in [0.29, 0.717) is 31.0 Å². The third kappa shape index (κ3) is 7.83. The maximum Gasteiger partial charge on any atom is 0.410 e. The van der Waals surface area contributed by atoms with E-state index in [4.69, 9.17) is 21.1 Å². The number of Topliss-reactive ketones (excluding diaryl/α,β-unsaturated/α-hetero) is 1. The van der Waals surface area contributed by atoms with Crippen LogP contribution in [0.5, 0.6) is 0 Å². The molecule has 1 saturated heterocycles. The zero-order chi connectivity index (χ0) is 39.3. The minimum Gasteiger partial charge on any atom is -0.444 e. The Morgan fingerprint density at radius 1 is 0.964 bits per heavy atom. The molecule has 294 valence electrons. The second kappa shape index (κ2) is 14.6. The number of allylic oxidation sites excluding steroid dienone is 1. The number of hydrogen-bond donors (Lipinski definition) is 3. The highest BCUT2D eigenvalue weighted by molar-refractivity contribution is 7.90. The summed E-state index contributed by atoms with van der Waals surface area (Å²) < 4.78 is 40.4. The Balaban J connectivity index is 1.18. The van der Waals surface area contributed by atoms with E-state index in [1.54, 1.807) is 25.7 Å². The third-order valence-corrected chi connectivity index (χ3v) is 12.6. The molecule has 3 N–H and O–H groups in total. The van der Waals surface area contributed by atoms with Gasteiger partial charge in [-0.3, -0.25) is 24.6 Å². The molecule has 4 amide bonds. The lowest BCUT2D eigenvalue weighted by Crippen LogP contribution is -2.56. The van der Waals surface area contributed by atoms with Crippen LogP contribution < -0.4 is 15.4 Å². The fourth-order valence-electron chi connectivity index (χ4n) is 8.06. The molecule has 2 aliphatic carbocycles. The van der Waals surface area contributed by atoms with Gasteiger partial charge in [0.05, 0.1) is 11.4 Å². The molecule has 3 heterocycles. The normalized spacial score (nSPS) is 29.7. The highest BCUT2D eigenvalue weighted by atomic mass is 35.5. The van der Waals surface area contributed by atoms with Gasteiger partial charge >= 0.3 is 12.2 Å². The lowest BCUT2D eigenvalue weighted by molar-refractivity contribution is -0.137. The number of fused-ring (bicyclic) bond motifs is 2. The number of carbonyl (C=O) groups is 5. The van der Waals surface area contributed by atoms with Gasteiger partial charge in [-0.2, -0.15) is 0 Å². The van der Waals surface area contributed by atoms with Gasteiger partial charge in [0.25, 0.3) is 15.9 Å². The first-order chi connectivity index (χ1) is 26.0. The molecule has 0 aromatic heterocycles. The summed E-state index contributed by atoms with van der Waals surface area (Å²) in [5, 5.41) is 6.25. The average Bonchev–Trinajstić information content (AvgIpc) is 3.75. The van der Waals surface area contributed by atoms with Crippen molar-refractivity contribution in [2.75, 3.05) is 6.54 Å². The van der Waals surface area contributed by atoms with Crippen LogP contribution >= 0.6 is 11.6 Å². The summed E-state index contributed by atoms with van der Waals surface area (Å²) in [5.74, 6) is -2.23. The van der Waals surface area contributed by atoms with E-state index in [1.807, 2.05) is 36.4 Å². The standard InChI is InChI=1S/C39H46ClN5O9S/c1-37(2,3)54-35(49)41-30-14-8-6-4-5-7-13-26-19-38(26,34(48)43-55(51,52)29-17-15-27(40)16-18-29)42-31-32(46)39(31)20-28(23-45(39)33(30)47)53-36(50)44-21-24-11-9-10-12-25(24)22-44/h7,9-13,15-18,26,28,30-31,42H,4-6,8,14,19-23H2,1-3H3,(H,41,49)(H,43,48)/b13-7-/t26-,28-,30+,31+,38-,39?/m1/s1. The smallest absolute Gasteiger partial charge is 0.410 e. The molecule has 3 aliphatic heterocycles. The number of carbonyl (C=O) groups excluding carboxylic acids is 5. The fourth-order valence-corrected chi connectivity index (χ4v) is 9.22. The zero-order valence-corrected chi connectivity index (χ0v) is 32.6. The monoisotopic (exact) mass is 795 g/mol. The predicted molar refractivity (Wildman–Crippen MR) is 200 cm³/mol. The predicted octanol–water partition coefficient (Wildman–Crippen LogP) is 4.35. The summed E-state index contributed by atoms with van der Waals surface area (Å²) in [7, 11) is -4.32. The maximum absolute atomic E-state index is 14.6. The third-order valence-electron chi connectivity index (χ3n) is 11.0. The Morgan fingerprint density at radius 2 is 1.65 bits per heavy atom. The van der Waals surface area contributed by atoms with E-state index in [0.717, 1.165) is 24.0 Å². The number of amides is 4. The number of ether oxygens (including phenoxy) is 2. The molecule has 2 aromatic rings. The molecule has 16 heteroatoms. The molecule has 0 bridgehead atoms. The molecule has 7 rings (SSSR count). The summed E-state index contributed by atoms with van der Waals surface area (Å²) >= 11 is 5.96. The second-order valence-corrected chi connectivity index (χ2v) is 18.2. The van der Waals surface area contributed by atoms with Crippen LogP contribution in [-0.2, 0) is 47.0 Å². The highest BCUT2D eigenvalue weighted by Crippen LogP contribution is 2.53. The Kier molecular flexibility index (Phi) is 10.3. The van der Waals surface area contributed by atoms with Gasteiger partial charge in [-0.05, 0) is 81.8 Å². The first-order valence-electron chi connectivity index (χ1n) is 18.7. The summed E-state index contributed by atoms with van der Waals surface area (Å²) in [4.78, 5) is 72.1. The van der Waals surface area contributed by atoms with Crippen molar-refractivity contribution in [3.63, 3.8) is 0 Å². The molecule has 2 saturated carbocycles. The molecule has 14 nitrogen and oxygen atoms in total. The first kappa shape index (κ1) is 38.8. The van der Waals surface area contributed by atoms with Crippen LogP contribution in [-0.4, -0.2) is 89.4 Å². The van der Waals surface area contributed by atoms with Crippen LogP contribution in [0.15, 0.2) is 65.6 Å². The summed E-state index contributed by atoms with van der Waals surface area (Å²) in [6.07, 6.45) is 4.71. The van der Waals surface area contributed by atoms with E-state index in [9.17, 15) is 32.4 Å². The van der Waals surface area contributed by atoms with Crippen LogP contribution in [0.1, 0.15) is 76.8 Å². The maximum atomic E-state index is 14.6. The quantitative estimate of drug-likeness (QED) is 0.369. The van der Waals surface area contributed by atoms with Gasteiger partial charge in [0.2, 0.25) is 5.91 Å². The number of rotatable bonds is 5. The molecule has 2 aromatic carbocycles. The number of halogens is 1. The largest absolute Gasteiger partial charge is 0.444 e. The first-order valence-corrected chi connectivity index (χ1v) is 20.5. The summed E-state index contributed by atoms with van der Waals surface area (Å²) in [6.45, 7) is 5.71. The number of nitrogens with zero attached hydrogens (tertiary/aromatic N) is 2. The van der Waals surface area contributed by atoms with Crippen LogP contribution in [0, 0.1) is 5.92 Å². The van der Waals surface area contributed by atoms with E-state index < -0.39 is 80.6 Å². The van der Waals surface area contributed by atoms with Crippen molar-refractivity contribution in [3.8, 4) is 0 Å². The van der Waals surface area contributed by atoms with Crippen molar-refractivity contribution in [1.82, 2.24) is 25.2 Å². The van der Waals surface area contributed by atoms with Gasteiger partial charge in [0, 0.05) is 30.5 Å². The van der Waals surface area contributed by atoms with Crippen LogP contribution in [0.3, 0.4) is 0 Å². The molecule has 5 aliphatic rings. The zero-order valence-electron chi connectivity index (χ0n) is 31.0. The topological polar surface area (TPSA) is 181 Å². The van der Waals surface area contributed by atoms with E-state index in [-0.39, 0.29) is 30.7 Å². The number of sulfonamides is 1. The van der Waals surface area contributed by atoms with Crippen molar-refractivity contribution in [1.29, 1.82) is 0 Å². The van der Waals surface area contributed by atoms with E-state index in [2.05, 4.69) is 15.4 Å². The van der Waals surface area contributed by atoms with Crippen LogP contribution in [0.2, 0.25) is 5.02 Å². The Bertz CT molecular complexity index is 2010. The number of ketones is 1. The van der Waals surface area contributed by atoms with Gasteiger partial charge in [0.1, 0.15) is 34.9 Å². The van der Waals surface area contributed by atoms with Crippen molar-refractivity contribution >= 4 is 51.4 Å². The van der Waals surface area contributed by atoms with Crippen molar-refractivity contribution in [2.24, 2.45) is 5.92 Å². The molecule has 6 atom stereocenters. The van der Waals surface area contributed by atoms with Crippen LogP contribution in [0.25, 0.3) is 0 Å². The van der Waals surface area contributed by atoms with Crippen molar-refractivity contribution < 1.29 is 41.9 Å². The minimum atomic E-state index is -4.32.